The van der Waals surface area contributed by atoms with Gasteiger partial charge in [0.1, 0.15) is 24.1 Å². The molecular weight excluding hydrogens is 548 g/mol. The summed E-state index contributed by atoms with van der Waals surface area (Å²) in [6, 6.07) is 9.94. The zero-order valence-electron chi connectivity index (χ0n) is 23.9. The van der Waals surface area contributed by atoms with Crippen LogP contribution in [0.4, 0.5) is 0 Å². The smallest absolute Gasteiger partial charge is 0.335 e. The summed E-state index contributed by atoms with van der Waals surface area (Å²) in [7, 11) is 3.35. The topological polar surface area (TPSA) is 106 Å². The van der Waals surface area contributed by atoms with E-state index in [0.717, 1.165) is 34.0 Å². The number of aliphatic carboxylic acids is 1. The summed E-state index contributed by atoms with van der Waals surface area (Å²) in [5.41, 5.74) is 9.39. The summed E-state index contributed by atoms with van der Waals surface area (Å²) in [6.07, 6.45) is 7.59. The fourth-order valence-electron chi connectivity index (χ4n) is 5.43. The van der Waals surface area contributed by atoms with Crippen molar-refractivity contribution in [2.24, 2.45) is 5.92 Å². The SMILES string of the molecule is COC1=C([C@H]2O[C@H](CCN3NNC=C3COC(C)(C)C(=O)O)c3cccn3-c3ccc(Cl)cc32)C=CC(C)C1OC. The Morgan fingerprint density at radius 3 is 2.78 bits per heavy atom. The third kappa shape index (κ3) is 5.75. The molecule has 2 aliphatic heterocycles. The molecule has 1 aromatic heterocycles. The lowest BCUT2D eigenvalue weighted by Gasteiger charge is -2.32. The Morgan fingerprint density at radius 1 is 1.24 bits per heavy atom. The van der Waals surface area contributed by atoms with E-state index >= 15 is 0 Å². The Kier molecular flexibility index (Phi) is 8.49. The molecule has 11 heteroatoms. The van der Waals surface area contributed by atoms with Gasteiger partial charge in [0, 0.05) is 48.1 Å². The van der Waals surface area contributed by atoms with E-state index in [2.05, 4.69) is 40.7 Å². The number of carboxylic acids is 1. The number of methoxy groups -OCH3 is 2. The number of fused-ring (bicyclic) bond motifs is 3. The number of aromatic nitrogens is 1. The third-order valence-electron chi connectivity index (χ3n) is 7.79. The van der Waals surface area contributed by atoms with Crippen LogP contribution in [0.25, 0.3) is 5.69 Å². The Bertz CT molecular complexity index is 1380. The van der Waals surface area contributed by atoms with Crippen molar-refractivity contribution in [3.8, 4) is 5.69 Å². The number of carboxylic acid groups (broad SMARTS) is 1. The molecule has 0 saturated carbocycles. The lowest BCUT2D eigenvalue weighted by molar-refractivity contribution is -0.160. The van der Waals surface area contributed by atoms with Gasteiger partial charge in [-0.2, -0.15) is 0 Å². The summed E-state index contributed by atoms with van der Waals surface area (Å²) in [6.45, 7) is 5.84. The Hall–Kier alpha value is -3.28. The Balaban J connectivity index is 1.45. The summed E-state index contributed by atoms with van der Waals surface area (Å²) in [4.78, 5) is 11.5. The fraction of sp³-hybridized carbons (Fsp3) is 0.433. The van der Waals surface area contributed by atoms with Crippen molar-refractivity contribution in [3.63, 3.8) is 0 Å². The van der Waals surface area contributed by atoms with Crippen molar-refractivity contribution in [2.45, 2.75) is 51.1 Å². The number of benzene rings is 1. The van der Waals surface area contributed by atoms with Gasteiger partial charge in [0.2, 0.25) is 0 Å². The summed E-state index contributed by atoms with van der Waals surface area (Å²) >= 11 is 6.53. The van der Waals surface area contributed by atoms with Crippen LogP contribution in [0.5, 0.6) is 0 Å². The molecule has 5 rings (SSSR count). The predicted octanol–water partition coefficient (Wildman–Crippen LogP) is 4.80. The van der Waals surface area contributed by atoms with Crippen LogP contribution in [0.3, 0.4) is 0 Å². The van der Waals surface area contributed by atoms with Gasteiger partial charge in [-0.05, 0) is 50.6 Å². The molecule has 10 nitrogen and oxygen atoms in total. The highest BCUT2D eigenvalue weighted by molar-refractivity contribution is 6.30. The Labute approximate surface area is 245 Å². The predicted molar refractivity (Wildman–Crippen MR) is 154 cm³/mol. The van der Waals surface area contributed by atoms with Gasteiger partial charge < -0.3 is 34.0 Å². The molecule has 0 fully saturated rings. The van der Waals surface area contributed by atoms with Gasteiger partial charge in [-0.25, -0.2) is 4.79 Å². The number of rotatable bonds is 10. The van der Waals surface area contributed by atoms with Crippen LogP contribution in [0.1, 0.15) is 50.7 Å². The maximum absolute atomic E-state index is 11.5. The first-order valence-electron chi connectivity index (χ1n) is 13.6. The van der Waals surface area contributed by atoms with Gasteiger partial charge in [0.05, 0.1) is 30.8 Å². The van der Waals surface area contributed by atoms with Gasteiger partial charge in [-0.3, -0.25) is 5.01 Å². The highest BCUT2D eigenvalue weighted by Gasteiger charge is 2.37. The second-order valence-corrected chi connectivity index (χ2v) is 11.3. The van der Waals surface area contributed by atoms with Crippen molar-refractivity contribution < 1.29 is 28.8 Å². The highest BCUT2D eigenvalue weighted by atomic mass is 35.5. The second kappa shape index (κ2) is 11.9. The van der Waals surface area contributed by atoms with Crippen molar-refractivity contribution in [1.29, 1.82) is 0 Å². The minimum atomic E-state index is -1.31. The van der Waals surface area contributed by atoms with E-state index in [0.29, 0.717) is 18.0 Å². The zero-order chi connectivity index (χ0) is 29.3. The average Bonchev–Trinajstić information content (AvgIpc) is 3.59. The maximum Gasteiger partial charge on any atom is 0.335 e. The van der Waals surface area contributed by atoms with E-state index in [-0.39, 0.29) is 24.7 Å². The molecule has 3 heterocycles. The molecule has 0 spiro atoms. The van der Waals surface area contributed by atoms with Gasteiger partial charge in [0.15, 0.2) is 5.60 Å². The third-order valence-corrected chi connectivity index (χ3v) is 8.03. The number of hydrazine groups is 2. The molecule has 220 valence electrons. The van der Waals surface area contributed by atoms with Gasteiger partial charge in [-0.1, -0.05) is 30.7 Å². The molecular formula is C30H37ClN4O6. The van der Waals surface area contributed by atoms with E-state index in [4.69, 9.17) is 30.5 Å². The van der Waals surface area contributed by atoms with Crippen LogP contribution in [-0.4, -0.2) is 59.7 Å². The van der Waals surface area contributed by atoms with Crippen LogP contribution in [0.2, 0.25) is 5.02 Å². The highest BCUT2D eigenvalue weighted by Crippen LogP contribution is 2.45. The second-order valence-electron chi connectivity index (χ2n) is 10.8. The number of nitrogens with zero attached hydrogens (tertiary/aromatic N) is 2. The van der Waals surface area contributed by atoms with Gasteiger partial charge in [-0.15, -0.1) is 5.53 Å². The fourth-order valence-corrected chi connectivity index (χ4v) is 5.61. The molecule has 1 aliphatic carbocycles. The minimum Gasteiger partial charge on any atom is -0.498 e. The van der Waals surface area contributed by atoms with Crippen molar-refractivity contribution in [3.05, 3.63) is 88.2 Å². The largest absolute Gasteiger partial charge is 0.498 e. The van der Waals surface area contributed by atoms with E-state index in [1.807, 2.05) is 35.5 Å². The normalized spacial score (nSPS) is 24.0. The number of hydrogen-bond donors (Lipinski definition) is 3. The lowest BCUT2D eigenvalue weighted by Crippen LogP contribution is -2.41. The molecule has 3 N–H and O–H groups in total. The minimum absolute atomic E-state index is 0.124. The van der Waals surface area contributed by atoms with Gasteiger partial charge in [0.25, 0.3) is 0 Å². The van der Waals surface area contributed by atoms with Crippen molar-refractivity contribution >= 4 is 17.6 Å². The first-order valence-corrected chi connectivity index (χ1v) is 14.0. The summed E-state index contributed by atoms with van der Waals surface area (Å²) in [5, 5.41) is 11.9. The molecule has 41 heavy (non-hydrogen) atoms. The molecule has 0 bridgehead atoms. The molecule has 1 aromatic carbocycles. The first kappa shape index (κ1) is 29.2. The lowest BCUT2D eigenvalue weighted by atomic mass is 9.88. The molecule has 2 unspecified atom stereocenters. The van der Waals surface area contributed by atoms with Crippen LogP contribution in [0, 0.1) is 5.92 Å². The quantitative estimate of drug-likeness (QED) is 0.363. The molecule has 2 aromatic rings. The van der Waals surface area contributed by atoms with E-state index in [1.54, 1.807) is 20.4 Å². The standard InChI is InChI=1S/C30H37ClN4O6/c1-18-8-10-21(28(39-5)26(18)38-4)27-22-15-19(31)9-11-23(22)34-13-6-7-24(34)25(41-27)12-14-35-20(16-32-33-35)17-40-30(2,3)29(36)37/h6-11,13,15-16,18,25-27,32-33H,12,14,17H2,1-5H3,(H,36,37)/t18?,25-,26?,27-/m1/s1. The number of carbonyl (C=O) groups is 1. The van der Waals surface area contributed by atoms with Crippen molar-refractivity contribution in [2.75, 3.05) is 27.4 Å². The monoisotopic (exact) mass is 584 g/mol. The van der Waals surface area contributed by atoms with Crippen molar-refractivity contribution in [1.82, 2.24) is 20.5 Å². The molecule has 3 aliphatic rings. The summed E-state index contributed by atoms with van der Waals surface area (Å²) in [5.74, 6) is -0.147. The molecule has 0 saturated heterocycles. The number of ether oxygens (including phenoxy) is 4. The average molecular weight is 585 g/mol. The number of halogens is 1. The Morgan fingerprint density at radius 2 is 2.05 bits per heavy atom. The number of hydrogen-bond acceptors (Lipinski definition) is 8. The number of nitrogens with one attached hydrogen (secondary N) is 2. The molecule has 4 atom stereocenters. The molecule has 0 radical (unpaired) electrons. The van der Waals surface area contributed by atoms with E-state index < -0.39 is 17.7 Å². The van der Waals surface area contributed by atoms with E-state index in [1.165, 1.54) is 13.8 Å². The first-order chi connectivity index (χ1) is 19.6. The van der Waals surface area contributed by atoms with E-state index in [9.17, 15) is 9.90 Å². The maximum atomic E-state index is 11.5. The van der Waals surface area contributed by atoms with Crippen LogP contribution in [0.15, 0.2) is 71.9 Å². The van der Waals surface area contributed by atoms with Crippen LogP contribution < -0.4 is 11.0 Å². The molecule has 0 amide bonds. The van der Waals surface area contributed by atoms with Crippen LogP contribution >= 0.6 is 11.6 Å². The summed E-state index contributed by atoms with van der Waals surface area (Å²) < 4.78 is 26.6. The van der Waals surface area contributed by atoms with Gasteiger partial charge >= 0.3 is 5.97 Å². The zero-order valence-corrected chi connectivity index (χ0v) is 24.6. The van der Waals surface area contributed by atoms with Crippen LogP contribution in [-0.2, 0) is 23.7 Å².